The smallest absolute Gasteiger partial charge is 0.317 e. The van der Waals surface area contributed by atoms with E-state index in [0.29, 0.717) is 11.6 Å². The summed E-state index contributed by atoms with van der Waals surface area (Å²) in [6, 6.07) is 11.5. The van der Waals surface area contributed by atoms with E-state index in [1.807, 2.05) is 40.9 Å². The highest BCUT2D eigenvalue weighted by molar-refractivity contribution is 7.13. The summed E-state index contributed by atoms with van der Waals surface area (Å²) < 4.78 is 1.96. The van der Waals surface area contributed by atoms with E-state index in [0.717, 1.165) is 28.2 Å². The SMILES string of the molecule is CC1Cc2c(c(-c3cccs3)nn2C)CN1C(=O)N(C)c1cccc(Cl)c1. The topological polar surface area (TPSA) is 41.4 Å². The highest BCUT2D eigenvalue weighted by atomic mass is 35.5. The van der Waals surface area contributed by atoms with Gasteiger partial charge in [0.2, 0.25) is 0 Å². The van der Waals surface area contributed by atoms with Crippen LogP contribution in [0, 0.1) is 0 Å². The number of amides is 2. The van der Waals surface area contributed by atoms with Crippen molar-refractivity contribution < 1.29 is 4.79 Å². The van der Waals surface area contributed by atoms with E-state index in [2.05, 4.69) is 18.4 Å². The fourth-order valence-electron chi connectivity index (χ4n) is 3.60. The van der Waals surface area contributed by atoms with E-state index in [1.165, 1.54) is 5.69 Å². The molecule has 140 valence electrons. The van der Waals surface area contributed by atoms with Crippen LogP contribution in [0.1, 0.15) is 18.2 Å². The van der Waals surface area contributed by atoms with Crippen LogP contribution >= 0.6 is 22.9 Å². The van der Waals surface area contributed by atoms with Crippen molar-refractivity contribution in [3.63, 3.8) is 0 Å². The number of hydrogen-bond acceptors (Lipinski definition) is 3. The second-order valence-corrected chi connectivity index (χ2v) is 8.26. The number of anilines is 1. The van der Waals surface area contributed by atoms with Crippen molar-refractivity contribution in [2.45, 2.75) is 25.9 Å². The first-order valence-electron chi connectivity index (χ1n) is 8.84. The van der Waals surface area contributed by atoms with Gasteiger partial charge in [0.05, 0.1) is 11.4 Å². The van der Waals surface area contributed by atoms with Gasteiger partial charge in [0.15, 0.2) is 0 Å². The van der Waals surface area contributed by atoms with Gasteiger partial charge in [0.1, 0.15) is 5.69 Å². The summed E-state index contributed by atoms with van der Waals surface area (Å²) in [5.41, 5.74) is 4.12. The van der Waals surface area contributed by atoms with Gasteiger partial charge in [-0.2, -0.15) is 5.10 Å². The van der Waals surface area contributed by atoms with Gasteiger partial charge in [0, 0.05) is 48.5 Å². The number of carbonyl (C=O) groups excluding carboxylic acids is 1. The Balaban J connectivity index is 1.66. The first kappa shape index (κ1) is 18.1. The lowest BCUT2D eigenvalue weighted by molar-refractivity contribution is 0.176. The minimum absolute atomic E-state index is 0.0311. The van der Waals surface area contributed by atoms with Crippen LogP contribution in [-0.2, 0) is 20.0 Å². The average molecular weight is 401 g/mol. The number of urea groups is 1. The Morgan fingerprint density at radius 2 is 2.15 bits per heavy atom. The van der Waals surface area contributed by atoms with E-state index < -0.39 is 0 Å². The predicted octanol–water partition coefficient (Wildman–Crippen LogP) is 4.81. The van der Waals surface area contributed by atoms with E-state index in [1.54, 1.807) is 29.4 Å². The fraction of sp³-hybridized carbons (Fsp3) is 0.300. The average Bonchev–Trinajstić information content (AvgIpc) is 3.28. The standard InChI is InChI=1S/C20H21ClN4OS/c1-13-10-17-16(19(22-24(17)3)18-8-5-9-27-18)12-25(13)20(26)23(2)15-7-4-6-14(21)11-15/h4-9,11,13H,10,12H2,1-3H3. The summed E-state index contributed by atoms with van der Waals surface area (Å²) in [7, 11) is 3.78. The van der Waals surface area contributed by atoms with Gasteiger partial charge in [-0.15, -0.1) is 11.3 Å². The summed E-state index contributed by atoms with van der Waals surface area (Å²) >= 11 is 7.77. The highest BCUT2D eigenvalue weighted by Crippen LogP contribution is 2.34. The normalized spacial score (nSPS) is 16.3. The molecule has 1 aliphatic rings. The molecule has 2 amide bonds. The molecule has 27 heavy (non-hydrogen) atoms. The van der Waals surface area contributed by atoms with E-state index in [4.69, 9.17) is 16.7 Å². The number of fused-ring (bicyclic) bond motifs is 1. The number of carbonyl (C=O) groups is 1. The lowest BCUT2D eigenvalue weighted by atomic mass is 9.99. The molecule has 0 spiro atoms. The number of nitrogens with zero attached hydrogens (tertiary/aromatic N) is 4. The molecule has 0 radical (unpaired) electrons. The Hall–Kier alpha value is -2.31. The molecule has 1 atom stereocenters. The lowest BCUT2D eigenvalue weighted by Gasteiger charge is -2.36. The highest BCUT2D eigenvalue weighted by Gasteiger charge is 2.33. The number of halogens is 1. The molecule has 4 rings (SSSR count). The van der Waals surface area contributed by atoms with Crippen molar-refractivity contribution in [1.29, 1.82) is 0 Å². The van der Waals surface area contributed by atoms with Crippen molar-refractivity contribution in [2.24, 2.45) is 7.05 Å². The number of thiophene rings is 1. The summed E-state index contributed by atoms with van der Waals surface area (Å²) in [5.74, 6) is 0. The second-order valence-electron chi connectivity index (χ2n) is 6.88. The van der Waals surface area contributed by atoms with Crippen molar-refractivity contribution in [2.75, 3.05) is 11.9 Å². The Morgan fingerprint density at radius 1 is 1.33 bits per heavy atom. The molecule has 0 saturated heterocycles. The zero-order valence-corrected chi connectivity index (χ0v) is 17.1. The summed E-state index contributed by atoms with van der Waals surface area (Å²) in [5, 5.41) is 7.41. The maximum Gasteiger partial charge on any atom is 0.324 e. The van der Waals surface area contributed by atoms with E-state index in [9.17, 15) is 4.79 Å². The summed E-state index contributed by atoms with van der Waals surface area (Å²) in [6.07, 6.45) is 0.791. The van der Waals surface area contributed by atoms with Crippen LogP contribution in [0.2, 0.25) is 5.02 Å². The zero-order chi connectivity index (χ0) is 19.1. The predicted molar refractivity (Wildman–Crippen MR) is 110 cm³/mol. The largest absolute Gasteiger partial charge is 0.324 e. The molecule has 0 bridgehead atoms. The first-order chi connectivity index (χ1) is 13.0. The number of aromatic nitrogens is 2. The van der Waals surface area contributed by atoms with Crippen LogP contribution < -0.4 is 4.90 Å². The summed E-state index contributed by atoms with van der Waals surface area (Å²) in [4.78, 5) is 17.9. The maximum atomic E-state index is 13.2. The molecule has 0 fully saturated rings. The molecule has 0 aliphatic carbocycles. The van der Waals surface area contributed by atoms with Crippen LogP contribution in [0.3, 0.4) is 0 Å². The van der Waals surface area contributed by atoms with Crippen molar-refractivity contribution in [3.05, 3.63) is 58.1 Å². The monoisotopic (exact) mass is 400 g/mol. The van der Waals surface area contributed by atoms with Crippen LogP contribution in [0.25, 0.3) is 10.6 Å². The number of aryl methyl sites for hydroxylation is 1. The molecule has 1 aromatic carbocycles. The van der Waals surface area contributed by atoms with Gasteiger partial charge in [-0.05, 0) is 36.6 Å². The maximum absolute atomic E-state index is 13.2. The quantitative estimate of drug-likeness (QED) is 0.619. The van der Waals surface area contributed by atoms with Gasteiger partial charge in [-0.25, -0.2) is 4.79 Å². The molecule has 0 N–H and O–H groups in total. The van der Waals surface area contributed by atoms with E-state index >= 15 is 0 Å². The number of benzene rings is 1. The fourth-order valence-corrected chi connectivity index (χ4v) is 4.52. The third kappa shape index (κ3) is 3.24. The van der Waals surface area contributed by atoms with Crippen LogP contribution in [0.15, 0.2) is 41.8 Å². The molecule has 3 aromatic rings. The molecule has 5 nitrogen and oxygen atoms in total. The Bertz CT molecular complexity index is 982. The molecular formula is C20H21ClN4OS. The first-order valence-corrected chi connectivity index (χ1v) is 10.1. The molecule has 7 heteroatoms. The third-order valence-electron chi connectivity index (χ3n) is 5.11. The van der Waals surface area contributed by atoms with Gasteiger partial charge in [-0.3, -0.25) is 9.58 Å². The Kier molecular flexibility index (Phi) is 4.70. The molecule has 3 heterocycles. The zero-order valence-electron chi connectivity index (χ0n) is 15.5. The summed E-state index contributed by atoms with van der Waals surface area (Å²) in [6.45, 7) is 2.64. The van der Waals surface area contributed by atoms with E-state index in [-0.39, 0.29) is 12.1 Å². The van der Waals surface area contributed by atoms with Gasteiger partial charge in [0.25, 0.3) is 0 Å². The molecule has 0 saturated carbocycles. The van der Waals surface area contributed by atoms with Crippen molar-refractivity contribution in [3.8, 4) is 10.6 Å². The minimum Gasteiger partial charge on any atom is -0.317 e. The van der Waals surface area contributed by atoms with Crippen LogP contribution in [0.5, 0.6) is 0 Å². The Morgan fingerprint density at radius 3 is 2.85 bits per heavy atom. The lowest BCUT2D eigenvalue weighted by Crippen LogP contribution is -2.48. The number of rotatable bonds is 2. The Labute approximate surface area is 167 Å². The second kappa shape index (κ2) is 7.02. The van der Waals surface area contributed by atoms with Gasteiger partial charge in [-0.1, -0.05) is 23.7 Å². The number of hydrogen-bond donors (Lipinski definition) is 0. The van der Waals surface area contributed by atoms with Crippen LogP contribution in [-0.4, -0.2) is 33.8 Å². The minimum atomic E-state index is -0.0311. The van der Waals surface area contributed by atoms with Crippen molar-refractivity contribution >= 4 is 34.7 Å². The van der Waals surface area contributed by atoms with Gasteiger partial charge >= 0.3 is 6.03 Å². The third-order valence-corrected chi connectivity index (χ3v) is 6.22. The van der Waals surface area contributed by atoms with Crippen molar-refractivity contribution in [1.82, 2.24) is 14.7 Å². The molecule has 1 aliphatic heterocycles. The van der Waals surface area contributed by atoms with Gasteiger partial charge < -0.3 is 4.90 Å². The molecular weight excluding hydrogens is 380 g/mol. The molecule has 2 aromatic heterocycles. The van der Waals surface area contributed by atoms with Crippen LogP contribution in [0.4, 0.5) is 10.5 Å². The molecule has 1 unspecified atom stereocenters.